The molecular formula is C7H9N3O. The first-order chi connectivity index (χ1) is 5.25. The summed E-state index contributed by atoms with van der Waals surface area (Å²) in [6.07, 6.45) is -0.244. The average Bonchev–Trinajstić information content (AvgIpc) is 2.27. The van der Waals surface area contributed by atoms with E-state index in [0.717, 1.165) is 11.4 Å². The maximum absolute atomic E-state index is 9.07. The van der Waals surface area contributed by atoms with E-state index < -0.39 is 0 Å². The third-order valence-electron chi connectivity index (χ3n) is 1.63. The van der Waals surface area contributed by atoms with Crippen molar-refractivity contribution in [1.29, 1.82) is 0 Å². The van der Waals surface area contributed by atoms with Crippen molar-refractivity contribution in [3.63, 3.8) is 0 Å². The predicted molar refractivity (Wildman–Crippen MR) is 43.3 cm³/mol. The summed E-state index contributed by atoms with van der Waals surface area (Å²) in [5, 5.41) is 15.0. The van der Waals surface area contributed by atoms with Crippen LogP contribution in [-0.4, -0.2) is 11.4 Å². The number of hydrogen-bond donors (Lipinski definition) is 4. The minimum atomic E-state index is -0.244. The Morgan fingerprint density at radius 3 is 2.82 bits per heavy atom. The van der Waals surface area contributed by atoms with Gasteiger partial charge in [-0.15, -0.1) is 0 Å². The van der Waals surface area contributed by atoms with Gasteiger partial charge >= 0.3 is 0 Å². The molecule has 4 heteroatoms. The molecule has 0 spiro atoms. The normalized spacial score (nSPS) is 20.3. The molecule has 0 fully saturated rings. The molecule has 0 aromatic heterocycles. The van der Waals surface area contributed by atoms with E-state index in [1.807, 2.05) is 0 Å². The van der Waals surface area contributed by atoms with Crippen LogP contribution in [0.2, 0.25) is 0 Å². The van der Waals surface area contributed by atoms with E-state index in [9.17, 15) is 0 Å². The van der Waals surface area contributed by atoms with E-state index in [0.29, 0.717) is 0 Å². The zero-order chi connectivity index (χ0) is 7.84. The van der Waals surface area contributed by atoms with Gasteiger partial charge in [0.1, 0.15) is 5.75 Å². The highest BCUT2D eigenvalue weighted by Crippen LogP contribution is 2.30. The molecule has 5 N–H and O–H groups in total. The first-order valence-corrected chi connectivity index (χ1v) is 3.37. The van der Waals surface area contributed by atoms with Crippen molar-refractivity contribution in [3.8, 4) is 5.75 Å². The number of phenolic OH excluding ortho intramolecular Hbond substituents is 1. The van der Waals surface area contributed by atoms with Gasteiger partial charge in [0.05, 0.1) is 11.4 Å². The molecule has 1 heterocycles. The quantitative estimate of drug-likeness (QED) is 0.407. The summed E-state index contributed by atoms with van der Waals surface area (Å²) >= 11 is 0. The van der Waals surface area contributed by atoms with E-state index in [1.54, 1.807) is 18.2 Å². The summed E-state index contributed by atoms with van der Waals surface area (Å²) in [5.41, 5.74) is 7.30. The van der Waals surface area contributed by atoms with E-state index in [2.05, 4.69) is 10.6 Å². The van der Waals surface area contributed by atoms with Gasteiger partial charge in [-0.25, -0.2) is 0 Å². The molecule has 1 aromatic carbocycles. The minimum absolute atomic E-state index is 0.243. The number of nitrogens with one attached hydrogen (secondary N) is 2. The van der Waals surface area contributed by atoms with Gasteiger partial charge in [-0.1, -0.05) is 0 Å². The molecule has 0 radical (unpaired) electrons. The third-order valence-corrected chi connectivity index (χ3v) is 1.63. The highest BCUT2D eigenvalue weighted by atomic mass is 16.3. The standard InChI is InChI=1S/C7H9N3O/c8-7-9-5-2-1-4(11)3-6(5)10-7/h1-3,7,9-11H,8H2. The van der Waals surface area contributed by atoms with E-state index in [1.165, 1.54) is 0 Å². The fraction of sp³-hybridized carbons (Fsp3) is 0.143. The Bertz CT molecular complexity index is 287. The first-order valence-electron chi connectivity index (χ1n) is 3.37. The Morgan fingerprint density at radius 2 is 2.00 bits per heavy atom. The summed E-state index contributed by atoms with van der Waals surface area (Å²) in [4.78, 5) is 0. The molecule has 0 aliphatic carbocycles. The molecule has 4 nitrogen and oxygen atoms in total. The summed E-state index contributed by atoms with van der Waals surface area (Å²) in [6, 6.07) is 5.03. The molecule has 58 valence electrons. The molecule has 1 unspecified atom stereocenters. The van der Waals surface area contributed by atoms with E-state index >= 15 is 0 Å². The summed E-state index contributed by atoms with van der Waals surface area (Å²) in [5.74, 6) is 0.243. The second kappa shape index (κ2) is 2.03. The van der Waals surface area contributed by atoms with Gasteiger partial charge in [0.2, 0.25) is 0 Å². The monoisotopic (exact) mass is 151 g/mol. The summed E-state index contributed by atoms with van der Waals surface area (Å²) < 4.78 is 0. The van der Waals surface area contributed by atoms with Crippen LogP contribution in [-0.2, 0) is 0 Å². The van der Waals surface area contributed by atoms with Crippen LogP contribution in [0.1, 0.15) is 0 Å². The van der Waals surface area contributed by atoms with Crippen molar-refractivity contribution in [2.75, 3.05) is 10.6 Å². The van der Waals surface area contributed by atoms with Crippen molar-refractivity contribution in [2.45, 2.75) is 6.29 Å². The van der Waals surface area contributed by atoms with Crippen molar-refractivity contribution in [1.82, 2.24) is 0 Å². The maximum atomic E-state index is 9.07. The smallest absolute Gasteiger partial charge is 0.150 e. The van der Waals surface area contributed by atoms with Gasteiger partial charge in [-0.3, -0.25) is 5.73 Å². The van der Waals surface area contributed by atoms with Crippen molar-refractivity contribution in [2.24, 2.45) is 5.73 Å². The minimum Gasteiger partial charge on any atom is -0.508 e. The highest BCUT2D eigenvalue weighted by molar-refractivity contribution is 5.75. The zero-order valence-electron chi connectivity index (χ0n) is 5.83. The largest absolute Gasteiger partial charge is 0.508 e. The average molecular weight is 151 g/mol. The lowest BCUT2D eigenvalue weighted by Crippen LogP contribution is -2.31. The summed E-state index contributed by atoms with van der Waals surface area (Å²) in [7, 11) is 0. The Kier molecular flexibility index (Phi) is 1.16. The lowest BCUT2D eigenvalue weighted by molar-refractivity contribution is 0.476. The van der Waals surface area contributed by atoms with Crippen LogP contribution in [0, 0.1) is 0 Å². The number of aromatic hydroxyl groups is 1. The van der Waals surface area contributed by atoms with Crippen molar-refractivity contribution < 1.29 is 5.11 Å². The van der Waals surface area contributed by atoms with Crippen LogP contribution in [0.25, 0.3) is 0 Å². The lowest BCUT2D eigenvalue weighted by atomic mass is 10.3. The van der Waals surface area contributed by atoms with E-state index in [4.69, 9.17) is 10.8 Å². The molecule has 1 atom stereocenters. The molecule has 1 aromatic rings. The number of fused-ring (bicyclic) bond motifs is 1. The zero-order valence-corrected chi connectivity index (χ0v) is 5.83. The van der Waals surface area contributed by atoms with Crippen LogP contribution >= 0.6 is 0 Å². The maximum Gasteiger partial charge on any atom is 0.150 e. The second-order valence-electron chi connectivity index (χ2n) is 2.50. The molecule has 11 heavy (non-hydrogen) atoms. The lowest BCUT2D eigenvalue weighted by Gasteiger charge is -2.01. The second-order valence-corrected chi connectivity index (χ2v) is 2.50. The molecule has 0 bridgehead atoms. The van der Waals surface area contributed by atoms with Crippen LogP contribution < -0.4 is 16.4 Å². The first kappa shape index (κ1) is 6.30. The summed E-state index contributed by atoms with van der Waals surface area (Å²) in [6.45, 7) is 0. The number of anilines is 2. The van der Waals surface area contributed by atoms with Crippen LogP contribution in [0.5, 0.6) is 5.75 Å². The van der Waals surface area contributed by atoms with E-state index in [-0.39, 0.29) is 12.0 Å². The number of benzene rings is 1. The van der Waals surface area contributed by atoms with Gasteiger partial charge in [0.25, 0.3) is 0 Å². The van der Waals surface area contributed by atoms with Gasteiger partial charge in [0.15, 0.2) is 6.29 Å². The number of hydrogen-bond acceptors (Lipinski definition) is 4. The molecule has 1 aliphatic heterocycles. The van der Waals surface area contributed by atoms with Crippen LogP contribution in [0.3, 0.4) is 0 Å². The van der Waals surface area contributed by atoms with Crippen molar-refractivity contribution in [3.05, 3.63) is 18.2 Å². The Hall–Kier alpha value is -1.42. The topological polar surface area (TPSA) is 70.3 Å². The number of rotatable bonds is 0. The number of phenols is 1. The molecular weight excluding hydrogens is 142 g/mol. The SMILES string of the molecule is NC1Nc2ccc(O)cc2N1. The molecule has 1 aliphatic rings. The highest BCUT2D eigenvalue weighted by Gasteiger charge is 2.14. The van der Waals surface area contributed by atoms with Gasteiger partial charge < -0.3 is 15.7 Å². The van der Waals surface area contributed by atoms with Crippen LogP contribution in [0.4, 0.5) is 11.4 Å². The molecule has 2 rings (SSSR count). The van der Waals surface area contributed by atoms with Gasteiger partial charge in [-0.2, -0.15) is 0 Å². The van der Waals surface area contributed by atoms with Gasteiger partial charge in [-0.05, 0) is 12.1 Å². The Morgan fingerprint density at radius 1 is 1.27 bits per heavy atom. The van der Waals surface area contributed by atoms with Crippen LogP contribution in [0.15, 0.2) is 18.2 Å². The fourth-order valence-electron chi connectivity index (χ4n) is 1.15. The molecule has 0 saturated heterocycles. The fourth-order valence-corrected chi connectivity index (χ4v) is 1.15. The third kappa shape index (κ3) is 0.969. The number of nitrogens with two attached hydrogens (primary N) is 1. The van der Waals surface area contributed by atoms with Gasteiger partial charge in [0, 0.05) is 6.07 Å². The Balaban J connectivity index is 2.43. The predicted octanol–water partition coefficient (Wildman–Crippen LogP) is 0.472. The Labute approximate surface area is 64.0 Å². The molecule has 0 amide bonds. The molecule has 0 saturated carbocycles. The van der Waals surface area contributed by atoms with Crippen molar-refractivity contribution >= 4 is 11.4 Å².